The molecule has 1 aromatic carbocycles. The first-order valence-corrected chi connectivity index (χ1v) is 8.70. The third-order valence-electron chi connectivity index (χ3n) is 3.59. The van der Waals surface area contributed by atoms with E-state index >= 15 is 0 Å². The van der Waals surface area contributed by atoms with E-state index in [0.717, 1.165) is 9.75 Å². The summed E-state index contributed by atoms with van der Waals surface area (Å²) in [6, 6.07) is 8.81. The first kappa shape index (κ1) is 17.7. The van der Waals surface area contributed by atoms with Gasteiger partial charge in [0.15, 0.2) is 6.10 Å². The minimum absolute atomic E-state index is 0.321. The zero-order valence-corrected chi connectivity index (χ0v) is 15.0. The predicted octanol–water partition coefficient (Wildman–Crippen LogP) is 2.81. The van der Waals surface area contributed by atoms with Gasteiger partial charge < -0.3 is 20.0 Å². The van der Waals surface area contributed by atoms with Crippen molar-refractivity contribution in [1.29, 1.82) is 0 Å². The number of fused-ring (bicyclic) bond motifs is 1. The average molecular weight is 371 g/mol. The molecule has 3 N–H and O–H groups in total. The quantitative estimate of drug-likeness (QED) is 0.474. The summed E-state index contributed by atoms with van der Waals surface area (Å²) in [6.07, 6.45) is 1.99. The van der Waals surface area contributed by atoms with Gasteiger partial charge in [0.25, 0.3) is 5.91 Å². The molecule has 3 aromatic rings. The fourth-order valence-electron chi connectivity index (χ4n) is 2.31. The van der Waals surface area contributed by atoms with Crippen LogP contribution in [0.25, 0.3) is 17.1 Å². The van der Waals surface area contributed by atoms with E-state index < -0.39 is 18.0 Å². The van der Waals surface area contributed by atoms with Crippen molar-refractivity contribution >= 4 is 46.0 Å². The van der Waals surface area contributed by atoms with Gasteiger partial charge in [0.05, 0.1) is 11.0 Å². The van der Waals surface area contributed by atoms with Gasteiger partial charge >= 0.3 is 11.7 Å². The highest BCUT2D eigenvalue weighted by Gasteiger charge is 2.17. The van der Waals surface area contributed by atoms with Gasteiger partial charge in [-0.3, -0.25) is 4.79 Å². The number of imidazole rings is 1. The van der Waals surface area contributed by atoms with E-state index in [-0.39, 0.29) is 5.69 Å². The topological polar surface area (TPSA) is 104 Å². The Morgan fingerprint density at radius 2 is 1.96 bits per heavy atom. The normalized spacial score (nSPS) is 12.4. The summed E-state index contributed by atoms with van der Waals surface area (Å²) in [5, 5.41) is 2.65. The Hall–Kier alpha value is -3.13. The number of nitrogens with one attached hydrogen (secondary N) is 3. The highest BCUT2D eigenvalue weighted by molar-refractivity contribution is 7.12. The number of aromatic nitrogens is 2. The molecule has 0 radical (unpaired) electrons. The van der Waals surface area contributed by atoms with E-state index in [1.165, 1.54) is 13.0 Å². The highest BCUT2D eigenvalue weighted by Crippen LogP contribution is 2.17. The van der Waals surface area contributed by atoms with Crippen molar-refractivity contribution in [3.8, 4) is 0 Å². The second-order valence-corrected chi connectivity index (χ2v) is 7.01. The van der Waals surface area contributed by atoms with Crippen LogP contribution in [0.3, 0.4) is 0 Å². The van der Waals surface area contributed by atoms with Crippen molar-refractivity contribution in [3.63, 3.8) is 0 Å². The van der Waals surface area contributed by atoms with Gasteiger partial charge in [-0.05, 0) is 50.3 Å². The van der Waals surface area contributed by atoms with Gasteiger partial charge in [-0.25, -0.2) is 9.59 Å². The van der Waals surface area contributed by atoms with Crippen LogP contribution in [0.1, 0.15) is 16.7 Å². The Kier molecular flexibility index (Phi) is 5.04. The van der Waals surface area contributed by atoms with E-state index in [1.807, 2.05) is 19.1 Å². The summed E-state index contributed by atoms with van der Waals surface area (Å²) in [5.41, 5.74) is 1.39. The molecule has 0 aliphatic carbocycles. The summed E-state index contributed by atoms with van der Waals surface area (Å²) in [6.45, 7) is 3.47. The molecule has 0 aliphatic heterocycles. The number of hydrogen-bond donors (Lipinski definition) is 3. The number of ether oxygens (including phenoxy) is 1. The zero-order valence-electron chi connectivity index (χ0n) is 14.2. The van der Waals surface area contributed by atoms with Crippen LogP contribution in [0.4, 0.5) is 5.69 Å². The number of benzene rings is 1. The van der Waals surface area contributed by atoms with Crippen LogP contribution in [-0.2, 0) is 14.3 Å². The van der Waals surface area contributed by atoms with Crippen LogP contribution in [0.5, 0.6) is 0 Å². The Labute approximate surface area is 152 Å². The van der Waals surface area contributed by atoms with Crippen LogP contribution >= 0.6 is 11.3 Å². The minimum Gasteiger partial charge on any atom is -0.449 e. The molecule has 0 fully saturated rings. The summed E-state index contributed by atoms with van der Waals surface area (Å²) in [5.74, 6) is -1.06. The van der Waals surface area contributed by atoms with Crippen LogP contribution in [-0.4, -0.2) is 27.9 Å². The molecule has 26 heavy (non-hydrogen) atoms. The number of rotatable bonds is 5. The third-order valence-corrected chi connectivity index (χ3v) is 4.56. The minimum atomic E-state index is -0.960. The lowest BCUT2D eigenvalue weighted by Gasteiger charge is -2.12. The molecular formula is C18H17N3O4S. The molecule has 0 saturated carbocycles. The van der Waals surface area contributed by atoms with E-state index in [0.29, 0.717) is 16.7 Å². The summed E-state index contributed by atoms with van der Waals surface area (Å²) in [7, 11) is 0. The number of hydrogen-bond acceptors (Lipinski definition) is 5. The standard InChI is InChI=1S/C18H17N3O4S/c1-10-3-5-13(26-10)6-8-16(22)25-11(2)17(23)19-12-4-7-14-15(9-12)21-18(24)20-14/h3-9,11H,1-2H3,(H,19,23)(H2,20,21,24)/b8-6+/t11-/m1/s1. The maximum absolute atomic E-state index is 12.2. The Bertz CT molecular complexity index is 1040. The maximum atomic E-state index is 12.2. The number of anilines is 1. The fourth-order valence-corrected chi connectivity index (χ4v) is 3.09. The molecule has 0 bridgehead atoms. The van der Waals surface area contributed by atoms with Gasteiger partial charge in [-0.2, -0.15) is 0 Å². The van der Waals surface area contributed by atoms with E-state index in [9.17, 15) is 14.4 Å². The number of thiophene rings is 1. The molecule has 0 spiro atoms. The van der Waals surface area contributed by atoms with Crippen molar-refractivity contribution in [2.45, 2.75) is 20.0 Å². The van der Waals surface area contributed by atoms with Crippen LogP contribution in [0, 0.1) is 6.92 Å². The first-order chi connectivity index (χ1) is 12.4. The number of H-pyrrole nitrogens is 2. The van der Waals surface area contributed by atoms with Gasteiger partial charge in [0.2, 0.25) is 0 Å². The molecule has 7 nitrogen and oxygen atoms in total. The molecule has 3 rings (SSSR count). The number of carbonyl (C=O) groups is 2. The third kappa shape index (κ3) is 4.28. The van der Waals surface area contributed by atoms with Crippen LogP contribution < -0.4 is 11.0 Å². The van der Waals surface area contributed by atoms with Crippen LogP contribution in [0.2, 0.25) is 0 Å². The molecular weight excluding hydrogens is 354 g/mol. The van der Waals surface area contributed by atoms with Crippen LogP contribution in [0.15, 0.2) is 41.2 Å². The first-order valence-electron chi connectivity index (χ1n) is 7.89. The number of aromatic amines is 2. The van der Waals surface area contributed by atoms with E-state index in [4.69, 9.17) is 4.74 Å². The SMILES string of the molecule is Cc1ccc(/C=C/C(=O)O[C@H](C)C(=O)Nc2ccc3[nH]c(=O)[nH]c3c2)s1. The lowest BCUT2D eigenvalue weighted by molar-refractivity contribution is -0.148. The van der Waals surface area contributed by atoms with Gasteiger partial charge in [-0.15, -0.1) is 11.3 Å². The van der Waals surface area contributed by atoms with Crippen molar-refractivity contribution < 1.29 is 14.3 Å². The van der Waals surface area contributed by atoms with Crippen molar-refractivity contribution in [1.82, 2.24) is 9.97 Å². The number of esters is 1. The second kappa shape index (κ2) is 7.40. The molecule has 134 valence electrons. The molecule has 0 unspecified atom stereocenters. The van der Waals surface area contributed by atoms with Crippen molar-refractivity contribution in [3.05, 3.63) is 56.6 Å². The van der Waals surface area contributed by atoms with E-state index in [2.05, 4.69) is 15.3 Å². The zero-order chi connectivity index (χ0) is 18.7. The Morgan fingerprint density at radius 3 is 2.69 bits per heavy atom. The smallest absolute Gasteiger partial charge is 0.331 e. The van der Waals surface area contributed by atoms with Gasteiger partial charge in [0, 0.05) is 21.5 Å². The Balaban J connectivity index is 1.58. The lowest BCUT2D eigenvalue weighted by atomic mass is 10.2. The number of amides is 1. The molecule has 2 aromatic heterocycles. The molecule has 1 atom stereocenters. The summed E-state index contributed by atoms with van der Waals surface area (Å²) in [4.78, 5) is 42.6. The monoisotopic (exact) mass is 371 g/mol. The molecule has 2 heterocycles. The van der Waals surface area contributed by atoms with E-state index in [1.54, 1.807) is 35.6 Å². The molecule has 8 heteroatoms. The van der Waals surface area contributed by atoms with Crippen molar-refractivity contribution in [2.75, 3.05) is 5.32 Å². The molecule has 0 aliphatic rings. The maximum Gasteiger partial charge on any atom is 0.331 e. The number of carbonyl (C=O) groups excluding carboxylic acids is 2. The predicted molar refractivity (Wildman–Crippen MR) is 101 cm³/mol. The highest BCUT2D eigenvalue weighted by atomic mass is 32.1. The molecule has 0 saturated heterocycles. The molecule has 1 amide bonds. The average Bonchev–Trinajstić information content (AvgIpc) is 3.16. The summed E-state index contributed by atoms with van der Waals surface area (Å²) >= 11 is 1.56. The second-order valence-electron chi connectivity index (χ2n) is 5.69. The lowest BCUT2D eigenvalue weighted by Crippen LogP contribution is -2.29. The Morgan fingerprint density at radius 1 is 1.19 bits per heavy atom. The summed E-state index contributed by atoms with van der Waals surface area (Å²) < 4.78 is 5.11. The largest absolute Gasteiger partial charge is 0.449 e. The van der Waals surface area contributed by atoms with Gasteiger partial charge in [-0.1, -0.05) is 0 Å². The van der Waals surface area contributed by atoms with Crippen molar-refractivity contribution in [2.24, 2.45) is 0 Å². The number of aryl methyl sites for hydroxylation is 1. The fraction of sp³-hybridized carbons (Fsp3) is 0.167. The van der Waals surface area contributed by atoms with Gasteiger partial charge in [0.1, 0.15) is 0 Å².